The normalized spacial score (nSPS) is 24.1. The number of hydrogen-bond donors (Lipinski definition) is 1. The molecule has 3 unspecified atom stereocenters. The molecule has 112 valence electrons. The van der Waals surface area contributed by atoms with Crippen molar-refractivity contribution in [3.63, 3.8) is 0 Å². The fourth-order valence-electron chi connectivity index (χ4n) is 3.46. The summed E-state index contributed by atoms with van der Waals surface area (Å²) in [4.78, 5) is 0. The first-order chi connectivity index (χ1) is 9.47. The number of likely N-dealkylation sites (N-methyl/N-ethyl adjacent to an activating group) is 1. The van der Waals surface area contributed by atoms with Crippen LogP contribution in [-0.4, -0.2) is 19.3 Å². The van der Waals surface area contributed by atoms with Crippen LogP contribution in [-0.2, 0) is 4.74 Å². The third kappa shape index (κ3) is 2.77. The maximum atomic E-state index is 6.06. The largest absolute Gasteiger partial charge is 0.376 e. The van der Waals surface area contributed by atoms with Crippen molar-refractivity contribution in [3.8, 4) is 0 Å². The Kier molecular flexibility index (Phi) is 4.87. The summed E-state index contributed by atoms with van der Waals surface area (Å²) in [6.07, 6.45) is 1.48. The Balaban J connectivity index is 2.49. The minimum Gasteiger partial charge on any atom is -0.376 e. The van der Waals surface area contributed by atoms with Crippen molar-refractivity contribution in [2.24, 2.45) is 5.92 Å². The number of nitrogens with one attached hydrogen (secondary N) is 1. The number of benzene rings is 1. The number of ether oxygens (including phenoxy) is 1. The molecule has 1 aromatic rings. The fraction of sp³-hybridized carbons (Fsp3) is 0.667. The molecule has 0 saturated carbocycles. The molecule has 1 heterocycles. The molecule has 1 saturated heterocycles. The highest BCUT2D eigenvalue weighted by Gasteiger charge is 2.34. The Bertz CT molecular complexity index is 455. The molecular formula is C18H29NO. The van der Waals surface area contributed by atoms with Crippen molar-refractivity contribution >= 4 is 0 Å². The molecule has 1 fully saturated rings. The Morgan fingerprint density at radius 1 is 1.20 bits per heavy atom. The predicted octanol–water partition coefficient (Wildman–Crippen LogP) is 4.00. The van der Waals surface area contributed by atoms with E-state index in [1.165, 1.54) is 34.2 Å². The van der Waals surface area contributed by atoms with Crippen molar-refractivity contribution in [1.82, 2.24) is 5.32 Å². The van der Waals surface area contributed by atoms with E-state index in [-0.39, 0.29) is 0 Å². The highest BCUT2D eigenvalue weighted by Crippen LogP contribution is 2.36. The van der Waals surface area contributed by atoms with Gasteiger partial charge in [0, 0.05) is 6.61 Å². The lowest BCUT2D eigenvalue weighted by atomic mass is 9.84. The van der Waals surface area contributed by atoms with Crippen LogP contribution in [0.2, 0.25) is 0 Å². The number of aryl methyl sites for hydroxylation is 2. The van der Waals surface area contributed by atoms with Crippen LogP contribution in [0.25, 0.3) is 0 Å². The maximum Gasteiger partial charge on any atom is 0.0796 e. The van der Waals surface area contributed by atoms with E-state index in [4.69, 9.17) is 4.74 Å². The lowest BCUT2D eigenvalue weighted by molar-refractivity contribution is 0.0608. The smallest absolute Gasteiger partial charge is 0.0796 e. The molecule has 2 rings (SSSR count). The topological polar surface area (TPSA) is 21.3 Å². The van der Waals surface area contributed by atoms with Gasteiger partial charge in [-0.3, -0.25) is 0 Å². The highest BCUT2D eigenvalue weighted by molar-refractivity contribution is 5.46. The van der Waals surface area contributed by atoms with Crippen LogP contribution >= 0.6 is 0 Å². The second kappa shape index (κ2) is 6.28. The van der Waals surface area contributed by atoms with Crippen LogP contribution in [0.5, 0.6) is 0 Å². The molecule has 0 spiro atoms. The molecule has 1 aliphatic rings. The molecule has 2 heteroatoms. The van der Waals surface area contributed by atoms with E-state index in [0.29, 0.717) is 18.1 Å². The molecule has 1 aromatic carbocycles. The summed E-state index contributed by atoms with van der Waals surface area (Å²) in [6.45, 7) is 15.3. The minimum atomic E-state index is 0.300. The minimum absolute atomic E-state index is 0.300. The van der Waals surface area contributed by atoms with E-state index >= 15 is 0 Å². The van der Waals surface area contributed by atoms with E-state index in [0.717, 1.165) is 13.2 Å². The van der Waals surface area contributed by atoms with Crippen LogP contribution in [0.4, 0.5) is 0 Å². The average molecular weight is 275 g/mol. The van der Waals surface area contributed by atoms with Crippen molar-refractivity contribution in [2.45, 2.75) is 60.1 Å². The van der Waals surface area contributed by atoms with Gasteiger partial charge in [0.2, 0.25) is 0 Å². The third-order valence-corrected chi connectivity index (χ3v) is 4.93. The van der Waals surface area contributed by atoms with E-state index in [1.807, 2.05) is 0 Å². The standard InChI is InChI=1S/C18H29NO/c1-7-19-17(18-11(2)8-9-20-18)16-14(5)12(3)10-13(4)15(16)6/h10-11,17-19H,7-9H2,1-6H3. The zero-order valence-corrected chi connectivity index (χ0v) is 13.8. The van der Waals surface area contributed by atoms with E-state index in [2.05, 4.69) is 52.9 Å². The van der Waals surface area contributed by atoms with Crippen LogP contribution in [0.15, 0.2) is 6.07 Å². The lowest BCUT2D eigenvalue weighted by Gasteiger charge is -2.31. The van der Waals surface area contributed by atoms with Crippen LogP contribution in [0.3, 0.4) is 0 Å². The molecule has 0 bridgehead atoms. The van der Waals surface area contributed by atoms with Gasteiger partial charge in [-0.05, 0) is 74.4 Å². The van der Waals surface area contributed by atoms with Crippen molar-refractivity contribution in [1.29, 1.82) is 0 Å². The Morgan fingerprint density at radius 3 is 2.25 bits per heavy atom. The Hall–Kier alpha value is -0.860. The van der Waals surface area contributed by atoms with Gasteiger partial charge in [-0.15, -0.1) is 0 Å². The van der Waals surface area contributed by atoms with Gasteiger partial charge >= 0.3 is 0 Å². The van der Waals surface area contributed by atoms with Crippen molar-refractivity contribution in [2.75, 3.05) is 13.2 Å². The van der Waals surface area contributed by atoms with Gasteiger partial charge in [0.05, 0.1) is 12.1 Å². The van der Waals surface area contributed by atoms with E-state index in [1.54, 1.807) is 0 Å². The molecule has 0 aliphatic carbocycles. The molecule has 3 atom stereocenters. The molecule has 1 aliphatic heterocycles. The first kappa shape index (κ1) is 15.5. The summed E-state index contributed by atoms with van der Waals surface area (Å²) in [5, 5.41) is 3.68. The second-order valence-corrected chi connectivity index (χ2v) is 6.31. The summed E-state index contributed by atoms with van der Waals surface area (Å²) < 4.78 is 6.06. The van der Waals surface area contributed by atoms with Gasteiger partial charge < -0.3 is 10.1 Å². The van der Waals surface area contributed by atoms with Crippen molar-refractivity contribution in [3.05, 3.63) is 33.9 Å². The summed E-state index contributed by atoms with van der Waals surface area (Å²) >= 11 is 0. The highest BCUT2D eigenvalue weighted by atomic mass is 16.5. The molecular weight excluding hydrogens is 246 g/mol. The van der Waals surface area contributed by atoms with E-state index in [9.17, 15) is 0 Å². The molecule has 2 nitrogen and oxygen atoms in total. The molecule has 0 amide bonds. The first-order valence-corrected chi connectivity index (χ1v) is 7.89. The monoisotopic (exact) mass is 275 g/mol. The Labute approximate surface area is 123 Å². The van der Waals surface area contributed by atoms with Gasteiger partial charge in [0.1, 0.15) is 0 Å². The summed E-state index contributed by atoms with van der Waals surface area (Å²) in [5.74, 6) is 0.624. The maximum absolute atomic E-state index is 6.06. The summed E-state index contributed by atoms with van der Waals surface area (Å²) in [6, 6.07) is 2.62. The van der Waals surface area contributed by atoms with Crippen LogP contribution in [0.1, 0.15) is 54.1 Å². The fourth-order valence-corrected chi connectivity index (χ4v) is 3.46. The molecule has 0 aromatic heterocycles. The average Bonchev–Trinajstić information content (AvgIpc) is 2.82. The van der Waals surface area contributed by atoms with Crippen molar-refractivity contribution < 1.29 is 4.74 Å². The zero-order valence-electron chi connectivity index (χ0n) is 13.8. The number of rotatable bonds is 4. The van der Waals surface area contributed by atoms with Gasteiger partial charge in [0.25, 0.3) is 0 Å². The molecule has 1 N–H and O–H groups in total. The predicted molar refractivity (Wildman–Crippen MR) is 85.3 cm³/mol. The SMILES string of the molecule is CCNC(c1c(C)c(C)cc(C)c1C)C1OCCC1C. The third-order valence-electron chi connectivity index (χ3n) is 4.93. The van der Waals surface area contributed by atoms with Gasteiger partial charge in [-0.2, -0.15) is 0 Å². The zero-order chi connectivity index (χ0) is 14.9. The van der Waals surface area contributed by atoms with Crippen LogP contribution < -0.4 is 5.32 Å². The summed E-state index contributed by atoms with van der Waals surface area (Å²) in [7, 11) is 0. The Morgan fingerprint density at radius 2 is 1.80 bits per heavy atom. The number of hydrogen-bond acceptors (Lipinski definition) is 2. The summed E-state index contributed by atoms with van der Waals surface area (Å²) in [5.41, 5.74) is 7.07. The first-order valence-electron chi connectivity index (χ1n) is 7.89. The van der Waals surface area contributed by atoms with Gasteiger partial charge in [-0.25, -0.2) is 0 Å². The van der Waals surface area contributed by atoms with Gasteiger partial charge in [-0.1, -0.05) is 19.9 Å². The van der Waals surface area contributed by atoms with Gasteiger partial charge in [0.15, 0.2) is 0 Å². The molecule has 0 radical (unpaired) electrons. The molecule has 20 heavy (non-hydrogen) atoms. The quantitative estimate of drug-likeness (QED) is 0.897. The van der Waals surface area contributed by atoms with Crippen LogP contribution in [0, 0.1) is 33.6 Å². The second-order valence-electron chi connectivity index (χ2n) is 6.31. The lowest BCUT2D eigenvalue weighted by Crippen LogP contribution is -2.36. The van der Waals surface area contributed by atoms with E-state index < -0.39 is 0 Å².